The van der Waals surface area contributed by atoms with Crippen LogP contribution in [0.2, 0.25) is 0 Å². The van der Waals surface area contributed by atoms with E-state index in [1.165, 1.54) is 51.4 Å². The van der Waals surface area contributed by atoms with Crippen LogP contribution in [-0.2, 0) is 0 Å². The molecule has 0 amide bonds. The van der Waals surface area contributed by atoms with Crippen LogP contribution in [0.3, 0.4) is 0 Å². The minimum absolute atomic E-state index is 0.111. The normalized spacial score (nSPS) is 33.1. The lowest BCUT2D eigenvalue weighted by Gasteiger charge is -2.37. The summed E-state index contributed by atoms with van der Waals surface area (Å²) < 4.78 is 38.6. The van der Waals surface area contributed by atoms with Gasteiger partial charge >= 0.3 is 0 Å². The molecule has 0 aromatic heterocycles. The summed E-state index contributed by atoms with van der Waals surface area (Å²) in [5, 5.41) is 0. The molecule has 0 bridgehead atoms. The molecule has 3 saturated carbocycles. The van der Waals surface area contributed by atoms with Gasteiger partial charge in [-0.25, -0.2) is 8.78 Å². The number of hydrogen-bond acceptors (Lipinski definition) is 0. The number of allylic oxidation sites excluding steroid dienone is 1. The van der Waals surface area contributed by atoms with Crippen LogP contribution < -0.4 is 0 Å². The van der Waals surface area contributed by atoms with Gasteiger partial charge in [-0.15, -0.1) is 6.58 Å². The van der Waals surface area contributed by atoms with E-state index in [4.69, 9.17) is 0 Å². The van der Waals surface area contributed by atoms with Crippen molar-refractivity contribution in [3.05, 3.63) is 47.8 Å². The third-order valence-electron chi connectivity index (χ3n) is 8.55. The fourth-order valence-electron chi connectivity index (χ4n) is 6.20. The predicted molar refractivity (Wildman–Crippen MR) is 129 cm³/mol. The Labute approximate surface area is 194 Å². The number of rotatable bonds is 5. The molecule has 0 N–H and O–H groups in total. The first-order valence-electron chi connectivity index (χ1n) is 13.1. The van der Waals surface area contributed by atoms with Crippen LogP contribution in [0.4, 0.5) is 13.2 Å². The van der Waals surface area contributed by atoms with E-state index in [0.29, 0.717) is 30.2 Å². The summed E-state index contributed by atoms with van der Waals surface area (Å²) in [6.07, 6.45) is 16.1. The highest BCUT2D eigenvalue weighted by atomic mass is 19.1. The van der Waals surface area contributed by atoms with Crippen molar-refractivity contribution in [1.82, 2.24) is 0 Å². The standard InChI is InChI=1S/C16H27F.C13H16F2/c1-2-13-3-7-15(8-4-13)16-9-5-14(6-10-16)11-12-17;1-9-2-3-11(8-13(9)15)10-4-6-12(14)7-5-10/h2,13-16H,1,3-12H2;2-3,8,10,12H,4-7H2,1H3. The summed E-state index contributed by atoms with van der Waals surface area (Å²) in [7, 11) is 0. The van der Waals surface area contributed by atoms with Gasteiger partial charge in [-0.1, -0.05) is 31.1 Å². The van der Waals surface area contributed by atoms with E-state index in [0.717, 1.165) is 42.6 Å². The van der Waals surface area contributed by atoms with E-state index in [-0.39, 0.29) is 12.5 Å². The second-order valence-electron chi connectivity index (χ2n) is 10.6. The summed E-state index contributed by atoms with van der Waals surface area (Å²) in [6.45, 7) is 5.57. The molecule has 3 fully saturated rings. The maximum absolute atomic E-state index is 13.3. The average molecular weight is 449 g/mol. The van der Waals surface area contributed by atoms with E-state index >= 15 is 0 Å². The summed E-state index contributed by atoms with van der Waals surface area (Å²) in [5.74, 6) is 3.62. The van der Waals surface area contributed by atoms with Crippen molar-refractivity contribution in [2.45, 2.75) is 102 Å². The summed E-state index contributed by atoms with van der Waals surface area (Å²) in [4.78, 5) is 0. The van der Waals surface area contributed by atoms with Crippen molar-refractivity contribution >= 4 is 0 Å². The molecule has 0 heterocycles. The van der Waals surface area contributed by atoms with Crippen molar-refractivity contribution < 1.29 is 13.2 Å². The molecule has 0 unspecified atom stereocenters. The largest absolute Gasteiger partial charge is 0.251 e. The molecule has 180 valence electrons. The van der Waals surface area contributed by atoms with E-state index in [9.17, 15) is 13.2 Å². The number of halogens is 3. The Balaban J connectivity index is 0.000000182. The molecule has 0 nitrogen and oxygen atoms in total. The number of hydrogen-bond donors (Lipinski definition) is 0. The van der Waals surface area contributed by atoms with Gasteiger partial charge in [-0.05, 0) is 124 Å². The van der Waals surface area contributed by atoms with Gasteiger partial charge in [-0.3, -0.25) is 4.39 Å². The van der Waals surface area contributed by atoms with Gasteiger partial charge in [0.05, 0.1) is 6.67 Å². The molecule has 3 aliphatic rings. The molecule has 3 aliphatic carbocycles. The minimum Gasteiger partial charge on any atom is -0.251 e. The van der Waals surface area contributed by atoms with E-state index in [2.05, 4.69) is 12.7 Å². The Bertz CT molecular complexity index is 676. The van der Waals surface area contributed by atoms with Crippen molar-refractivity contribution in [3.63, 3.8) is 0 Å². The van der Waals surface area contributed by atoms with Crippen LogP contribution in [0.15, 0.2) is 30.9 Å². The Morgan fingerprint density at radius 1 is 0.875 bits per heavy atom. The number of alkyl halides is 2. The molecule has 0 aliphatic heterocycles. The second-order valence-corrected chi connectivity index (χ2v) is 10.6. The third kappa shape index (κ3) is 7.39. The molecular formula is C29H43F3. The molecular weight excluding hydrogens is 405 g/mol. The van der Waals surface area contributed by atoms with Crippen LogP contribution >= 0.6 is 0 Å². The van der Waals surface area contributed by atoms with Gasteiger partial charge in [0, 0.05) is 0 Å². The first-order valence-corrected chi connectivity index (χ1v) is 13.1. The van der Waals surface area contributed by atoms with E-state index < -0.39 is 6.17 Å². The zero-order valence-electron chi connectivity index (χ0n) is 20.0. The molecule has 0 atom stereocenters. The smallest absolute Gasteiger partial charge is 0.126 e. The van der Waals surface area contributed by atoms with E-state index in [1.54, 1.807) is 13.0 Å². The highest BCUT2D eigenvalue weighted by molar-refractivity contribution is 5.26. The van der Waals surface area contributed by atoms with Crippen molar-refractivity contribution in [2.24, 2.45) is 23.7 Å². The van der Waals surface area contributed by atoms with Gasteiger partial charge in [0.1, 0.15) is 12.0 Å². The van der Waals surface area contributed by atoms with Crippen LogP contribution in [0.1, 0.15) is 101 Å². The molecule has 32 heavy (non-hydrogen) atoms. The van der Waals surface area contributed by atoms with Gasteiger partial charge in [0.15, 0.2) is 0 Å². The topological polar surface area (TPSA) is 0 Å². The lowest BCUT2D eigenvalue weighted by Crippen LogP contribution is -2.25. The number of aryl methyl sites for hydroxylation is 1. The molecule has 1 aromatic carbocycles. The van der Waals surface area contributed by atoms with E-state index in [1.807, 2.05) is 12.1 Å². The lowest BCUT2D eigenvalue weighted by molar-refractivity contribution is 0.149. The molecule has 0 radical (unpaired) electrons. The first kappa shape index (κ1) is 25.4. The lowest BCUT2D eigenvalue weighted by atomic mass is 9.69. The Morgan fingerprint density at radius 2 is 1.47 bits per heavy atom. The fraction of sp³-hybridized carbons (Fsp3) is 0.724. The van der Waals surface area contributed by atoms with Gasteiger partial charge in [-0.2, -0.15) is 0 Å². The summed E-state index contributed by atoms with van der Waals surface area (Å²) in [5.41, 5.74) is 1.71. The Morgan fingerprint density at radius 3 is 2.00 bits per heavy atom. The average Bonchev–Trinajstić information content (AvgIpc) is 2.83. The second kappa shape index (κ2) is 12.8. The highest BCUT2D eigenvalue weighted by Crippen LogP contribution is 2.42. The SMILES string of the molecule is C=CC1CCC(C2CCC(CCF)CC2)CC1.Cc1ccc(C2CCC(F)CC2)cc1F. The quantitative estimate of drug-likeness (QED) is 0.394. The van der Waals surface area contributed by atoms with Crippen molar-refractivity contribution in [3.8, 4) is 0 Å². The molecule has 0 saturated heterocycles. The molecule has 0 spiro atoms. The zero-order chi connectivity index (χ0) is 22.9. The maximum Gasteiger partial charge on any atom is 0.126 e. The van der Waals surface area contributed by atoms with Crippen LogP contribution in [0, 0.1) is 36.4 Å². The van der Waals surface area contributed by atoms with Crippen molar-refractivity contribution in [1.29, 1.82) is 0 Å². The highest BCUT2D eigenvalue weighted by Gasteiger charge is 2.30. The molecule has 4 rings (SSSR count). The third-order valence-corrected chi connectivity index (χ3v) is 8.55. The predicted octanol–water partition coefficient (Wildman–Crippen LogP) is 9.27. The Hall–Kier alpha value is -1.25. The monoisotopic (exact) mass is 448 g/mol. The van der Waals surface area contributed by atoms with Gasteiger partial charge < -0.3 is 0 Å². The van der Waals surface area contributed by atoms with Crippen LogP contribution in [-0.4, -0.2) is 12.8 Å². The first-order chi connectivity index (χ1) is 15.5. The van der Waals surface area contributed by atoms with Crippen LogP contribution in [0.25, 0.3) is 0 Å². The van der Waals surface area contributed by atoms with Crippen LogP contribution in [0.5, 0.6) is 0 Å². The molecule has 3 heteroatoms. The summed E-state index contributed by atoms with van der Waals surface area (Å²) >= 11 is 0. The van der Waals surface area contributed by atoms with Gasteiger partial charge in [0.2, 0.25) is 0 Å². The maximum atomic E-state index is 13.3. The zero-order valence-corrected chi connectivity index (χ0v) is 20.0. The van der Waals surface area contributed by atoms with Gasteiger partial charge in [0.25, 0.3) is 0 Å². The Kier molecular flexibility index (Phi) is 10.2. The number of benzene rings is 1. The summed E-state index contributed by atoms with van der Waals surface area (Å²) in [6, 6.07) is 5.40. The molecule has 1 aromatic rings. The minimum atomic E-state index is -0.642. The fourth-order valence-corrected chi connectivity index (χ4v) is 6.20. The van der Waals surface area contributed by atoms with Crippen molar-refractivity contribution in [2.75, 3.05) is 6.67 Å².